The molecule has 4 aromatic rings. The first kappa shape index (κ1) is 28.4. The number of alkyl halides is 3. The third kappa shape index (κ3) is 5.22. The predicted molar refractivity (Wildman–Crippen MR) is 137 cm³/mol. The predicted octanol–water partition coefficient (Wildman–Crippen LogP) is 4.79. The summed E-state index contributed by atoms with van der Waals surface area (Å²) in [6.45, 7) is 4.37. The van der Waals surface area contributed by atoms with Gasteiger partial charge in [0.2, 0.25) is 0 Å². The van der Waals surface area contributed by atoms with Crippen LogP contribution in [0.3, 0.4) is 0 Å². The molecule has 2 bridgehead atoms. The Morgan fingerprint density at radius 2 is 1.85 bits per heavy atom. The van der Waals surface area contributed by atoms with Crippen molar-refractivity contribution < 1.29 is 36.6 Å². The summed E-state index contributed by atoms with van der Waals surface area (Å²) in [7, 11) is 0. The van der Waals surface area contributed by atoms with Gasteiger partial charge in [-0.15, -0.1) is 0 Å². The Morgan fingerprint density at radius 1 is 1.10 bits per heavy atom. The van der Waals surface area contributed by atoms with E-state index in [1.54, 1.807) is 25.7 Å². The Morgan fingerprint density at radius 3 is 2.54 bits per heavy atom. The van der Waals surface area contributed by atoms with Crippen LogP contribution in [0.4, 0.5) is 22.3 Å². The number of fused-ring (bicyclic) bond motifs is 4. The summed E-state index contributed by atoms with van der Waals surface area (Å²) in [5, 5.41) is 4.44. The van der Waals surface area contributed by atoms with Gasteiger partial charge in [-0.1, -0.05) is 0 Å². The van der Waals surface area contributed by atoms with Crippen LogP contribution >= 0.6 is 0 Å². The number of hydrogen-bond donors (Lipinski definition) is 0. The van der Waals surface area contributed by atoms with Crippen molar-refractivity contribution in [3.63, 3.8) is 0 Å². The quantitative estimate of drug-likeness (QED) is 0.255. The lowest BCUT2D eigenvalue weighted by Crippen LogP contribution is -2.46. The zero-order valence-corrected chi connectivity index (χ0v) is 22.4. The minimum absolute atomic E-state index is 0. The molecule has 0 spiro atoms. The fraction of sp³-hybridized carbons (Fsp3) is 0.444. The first-order chi connectivity index (χ1) is 18.8. The van der Waals surface area contributed by atoms with Crippen LogP contribution in [0.5, 0.6) is 0 Å². The largest absolute Gasteiger partial charge is 0.460 e. The molecule has 1 saturated carbocycles. The molecule has 3 atom stereocenters. The van der Waals surface area contributed by atoms with E-state index in [1.165, 1.54) is 41.2 Å². The number of carbonyl (C=O) groups is 2. The Kier molecular flexibility index (Phi) is 6.77. The highest BCUT2D eigenvalue weighted by Crippen LogP contribution is 2.43. The summed E-state index contributed by atoms with van der Waals surface area (Å²) in [6, 6.07) is 3.59. The number of pyridine rings is 2. The van der Waals surface area contributed by atoms with Crippen LogP contribution < -0.4 is 0 Å². The number of rotatable bonds is 4. The van der Waals surface area contributed by atoms with E-state index in [1.807, 2.05) is 0 Å². The fourth-order valence-corrected chi connectivity index (χ4v) is 5.83. The van der Waals surface area contributed by atoms with Crippen LogP contribution in [0, 0.1) is 17.7 Å². The Labute approximate surface area is 230 Å². The van der Waals surface area contributed by atoms with Crippen molar-refractivity contribution in [1.82, 2.24) is 29.0 Å². The fourth-order valence-electron chi connectivity index (χ4n) is 5.83. The molecule has 1 aliphatic carbocycles. The summed E-state index contributed by atoms with van der Waals surface area (Å²) in [5.41, 5.74) is 0.111. The molecular weight excluding hydrogens is 551 g/mol. The standard InChI is InChI=1S/C27H26F4N6O3.FH/c1-26(2,3)40-25(39)16-6-14-7-19(16)36(11-14)24(38)18-8-20-17(9-32-18)23(34-37(20)13-27(29,30)31)21-10-33-22-5-4-15(28)12-35(21)22;/h4-5,8-10,12,14,16,19H,6-7,11,13H2,1-3H3;1H. The van der Waals surface area contributed by atoms with E-state index < -0.39 is 36.0 Å². The van der Waals surface area contributed by atoms with E-state index >= 15 is 0 Å². The lowest BCUT2D eigenvalue weighted by Gasteiger charge is -2.33. The van der Waals surface area contributed by atoms with Crippen molar-refractivity contribution in [3.05, 3.63) is 48.3 Å². The van der Waals surface area contributed by atoms with E-state index in [0.717, 1.165) is 4.68 Å². The smallest absolute Gasteiger partial charge is 0.408 e. The number of imidazole rings is 1. The second kappa shape index (κ2) is 9.77. The van der Waals surface area contributed by atoms with Gasteiger partial charge in [-0.3, -0.25) is 28.4 Å². The molecule has 6 rings (SSSR count). The number of likely N-dealkylation sites (tertiary alicyclic amines) is 1. The molecule has 2 aliphatic rings. The second-order valence-corrected chi connectivity index (χ2v) is 11.4. The van der Waals surface area contributed by atoms with E-state index in [2.05, 4.69) is 15.1 Å². The Balaban J connectivity index is 0.00000337. The average molecular weight is 579 g/mol. The third-order valence-electron chi connectivity index (χ3n) is 7.35. The molecule has 14 heteroatoms. The minimum Gasteiger partial charge on any atom is -0.460 e. The summed E-state index contributed by atoms with van der Waals surface area (Å²) >= 11 is 0. The number of esters is 1. The van der Waals surface area contributed by atoms with Crippen molar-refractivity contribution in [1.29, 1.82) is 0 Å². The van der Waals surface area contributed by atoms with Gasteiger partial charge in [-0.2, -0.15) is 18.3 Å². The SMILES string of the molecule is CC(C)(C)OC(=O)C1CC2CC1N(C(=O)c1cc3c(cn1)c(-c1cnc4ccc(F)cn14)nn3CC(F)(F)F)C2.F. The molecule has 4 aromatic heterocycles. The van der Waals surface area contributed by atoms with Gasteiger partial charge in [-0.05, 0) is 57.7 Å². The minimum atomic E-state index is -4.59. The van der Waals surface area contributed by atoms with Crippen molar-refractivity contribution in [2.75, 3.05) is 6.54 Å². The molecule has 5 heterocycles. The summed E-state index contributed by atoms with van der Waals surface area (Å²) in [6.07, 6.45) is 0.545. The number of piperidine rings is 1. The maximum Gasteiger partial charge on any atom is 0.408 e. The monoisotopic (exact) mass is 578 g/mol. The Bertz CT molecular complexity index is 1660. The molecule has 41 heavy (non-hydrogen) atoms. The number of aromatic nitrogens is 5. The van der Waals surface area contributed by atoms with Gasteiger partial charge in [-0.25, -0.2) is 9.37 Å². The van der Waals surface area contributed by atoms with E-state index in [0.29, 0.717) is 25.0 Å². The van der Waals surface area contributed by atoms with Gasteiger partial charge in [0.25, 0.3) is 5.91 Å². The lowest BCUT2D eigenvalue weighted by molar-refractivity contribution is -0.162. The van der Waals surface area contributed by atoms with Crippen LogP contribution in [0.25, 0.3) is 27.9 Å². The molecular formula is C27H27F5N6O3. The molecule has 1 aliphatic heterocycles. The molecule has 0 aromatic carbocycles. The molecule has 2 fully saturated rings. The van der Waals surface area contributed by atoms with Gasteiger partial charge in [0.05, 0.1) is 23.3 Å². The maximum atomic E-state index is 14.0. The number of ether oxygens (including phenoxy) is 1. The highest BCUT2D eigenvalue weighted by Gasteiger charge is 2.51. The van der Waals surface area contributed by atoms with Crippen molar-refractivity contribution in [2.45, 2.75) is 58.0 Å². The molecule has 0 radical (unpaired) electrons. The van der Waals surface area contributed by atoms with Crippen molar-refractivity contribution >= 4 is 28.4 Å². The van der Waals surface area contributed by atoms with Gasteiger partial charge >= 0.3 is 12.1 Å². The zero-order chi connectivity index (χ0) is 28.6. The summed E-state index contributed by atoms with van der Waals surface area (Å²) in [5.74, 6) is -1.72. The van der Waals surface area contributed by atoms with Gasteiger partial charge in [0.1, 0.15) is 35.0 Å². The van der Waals surface area contributed by atoms with Crippen LogP contribution in [-0.4, -0.2) is 65.3 Å². The van der Waals surface area contributed by atoms with E-state index in [4.69, 9.17) is 4.74 Å². The van der Waals surface area contributed by atoms with Crippen LogP contribution in [-0.2, 0) is 16.1 Å². The number of halogens is 5. The highest BCUT2D eigenvalue weighted by atomic mass is 19.4. The lowest BCUT2D eigenvalue weighted by atomic mass is 9.97. The second-order valence-electron chi connectivity index (χ2n) is 11.4. The molecule has 218 valence electrons. The van der Waals surface area contributed by atoms with E-state index in [9.17, 15) is 27.2 Å². The van der Waals surface area contributed by atoms with Crippen LogP contribution in [0.2, 0.25) is 0 Å². The molecule has 1 saturated heterocycles. The average Bonchev–Trinajstić information content (AvgIpc) is 3.63. The first-order valence-corrected chi connectivity index (χ1v) is 12.9. The van der Waals surface area contributed by atoms with Crippen molar-refractivity contribution in [2.24, 2.45) is 11.8 Å². The van der Waals surface area contributed by atoms with Crippen LogP contribution in [0.1, 0.15) is 44.1 Å². The molecule has 0 N–H and O–H groups in total. The van der Waals surface area contributed by atoms with Gasteiger partial charge in [0, 0.05) is 30.4 Å². The van der Waals surface area contributed by atoms with Crippen LogP contribution in [0.15, 0.2) is 36.8 Å². The van der Waals surface area contributed by atoms with E-state index in [-0.39, 0.29) is 50.6 Å². The number of hydrogen-bond acceptors (Lipinski definition) is 6. The van der Waals surface area contributed by atoms with Crippen molar-refractivity contribution in [3.8, 4) is 11.4 Å². The highest BCUT2D eigenvalue weighted by molar-refractivity contribution is 5.99. The number of nitrogens with zero attached hydrogens (tertiary/aromatic N) is 6. The summed E-state index contributed by atoms with van der Waals surface area (Å²) < 4.78 is 62.2. The topological polar surface area (TPSA) is 94.6 Å². The molecule has 1 amide bonds. The normalized spacial score (nSPS) is 20.6. The zero-order valence-electron chi connectivity index (χ0n) is 22.4. The maximum absolute atomic E-state index is 14.0. The third-order valence-corrected chi connectivity index (χ3v) is 7.35. The summed E-state index contributed by atoms with van der Waals surface area (Å²) in [4.78, 5) is 36.5. The number of amides is 1. The first-order valence-electron chi connectivity index (χ1n) is 12.9. The Hall–Kier alpha value is -4.10. The molecule has 9 nitrogen and oxygen atoms in total. The number of carbonyl (C=O) groups excluding carboxylic acids is 2. The molecule has 3 unspecified atom stereocenters. The van der Waals surface area contributed by atoms with Gasteiger partial charge < -0.3 is 9.64 Å². The van der Waals surface area contributed by atoms with Gasteiger partial charge in [0.15, 0.2) is 0 Å².